The number of imidazole rings is 1. The molecule has 3 aromatic rings. The highest BCUT2D eigenvalue weighted by atomic mass is 32.2. The Kier molecular flexibility index (Phi) is 4.78. The first-order valence-corrected chi connectivity index (χ1v) is 9.93. The molecular weight excluding hydrogens is 413 g/mol. The molecule has 0 spiro atoms. The predicted molar refractivity (Wildman–Crippen MR) is 95.8 cm³/mol. The standard InChI is InChI=1S/C16H15F3N6O3S/c17-16(18,19)28-11-1-3-12(4-2-11)29(26,27)25-7-5-24(6-8-25)13-9-20-14-15(23-13)22-10-21-14/h1-4,9-10H,5-8H2,(H,20,21,22,23). The van der Waals surface area contributed by atoms with Crippen molar-refractivity contribution in [2.75, 3.05) is 31.1 Å². The second-order valence-corrected chi connectivity index (χ2v) is 8.15. The van der Waals surface area contributed by atoms with Crippen LogP contribution >= 0.6 is 0 Å². The van der Waals surface area contributed by atoms with E-state index in [1.54, 1.807) is 6.20 Å². The van der Waals surface area contributed by atoms with E-state index in [1.807, 2.05) is 4.90 Å². The van der Waals surface area contributed by atoms with Gasteiger partial charge in [0, 0.05) is 26.2 Å². The molecule has 1 aliphatic heterocycles. The number of alkyl halides is 3. The minimum atomic E-state index is -4.83. The zero-order valence-corrected chi connectivity index (χ0v) is 15.6. The van der Waals surface area contributed by atoms with Crippen LogP contribution < -0.4 is 9.64 Å². The molecule has 0 aliphatic carbocycles. The van der Waals surface area contributed by atoms with Crippen molar-refractivity contribution in [1.82, 2.24) is 24.2 Å². The number of aromatic nitrogens is 4. The summed E-state index contributed by atoms with van der Waals surface area (Å²) in [5.74, 6) is 0.126. The Balaban J connectivity index is 1.44. The van der Waals surface area contributed by atoms with E-state index < -0.39 is 22.1 Å². The summed E-state index contributed by atoms with van der Waals surface area (Å²) in [6.07, 6.45) is -1.77. The van der Waals surface area contributed by atoms with E-state index in [1.165, 1.54) is 10.6 Å². The summed E-state index contributed by atoms with van der Waals surface area (Å²) in [4.78, 5) is 17.3. The molecule has 0 unspecified atom stereocenters. The van der Waals surface area contributed by atoms with E-state index >= 15 is 0 Å². The van der Waals surface area contributed by atoms with Gasteiger partial charge in [-0.25, -0.2) is 23.4 Å². The lowest BCUT2D eigenvalue weighted by Gasteiger charge is -2.34. The molecule has 0 radical (unpaired) electrons. The van der Waals surface area contributed by atoms with E-state index in [2.05, 4.69) is 24.7 Å². The van der Waals surface area contributed by atoms with Gasteiger partial charge in [-0.15, -0.1) is 13.2 Å². The van der Waals surface area contributed by atoms with Crippen molar-refractivity contribution in [3.05, 3.63) is 36.8 Å². The second kappa shape index (κ2) is 7.15. The monoisotopic (exact) mass is 428 g/mol. The average Bonchev–Trinajstić information content (AvgIpc) is 3.15. The summed E-state index contributed by atoms with van der Waals surface area (Å²) in [6.45, 7) is 1.18. The molecule has 0 bridgehead atoms. The predicted octanol–water partition coefficient (Wildman–Crippen LogP) is 1.76. The minimum Gasteiger partial charge on any atom is -0.406 e. The zero-order chi connectivity index (χ0) is 20.6. The molecule has 154 valence electrons. The summed E-state index contributed by atoms with van der Waals surface area (Å²) in [5.41, 5.74) is 1.03. The van der Waals surface area contributed by atoms with E-state index in [0.29, 0.717) is 30.2 Å². The highest BCUT2D eigenvalue weighted by Gasteiger charge is 2.32. The molecular formula is C16H15F3N6O3S. The van der Waals surface area contributed by atoms with Gasteiger partial charge in [0.1, 0.15) is 11.6 Å². The number of hydrogen-bond acceptors (Lipinski definition) is 7. The van der Waals surface area contributed by atoms with Crippen molar-refractivity contribution in [3.63, 3.8) is 0 Å². The number of benzene rings is 1. The van der Waals surface area contributed by atoms with Gasteiger partial charge in [-0.1, -0.05) is 0 Å². The molecule has 1 fully saturated rings. The number of aromatic amines is 1. The van der Waals surface area contributed by atoms with Crippen LogP contribution in [-0.2, 0) is 10.0 Å². The lowest BCUT2D eigenvalue weighted by atomic mass is 10.3. The molecule has 3 heterocycles. The molecule has 0 atom stereocenters. The number of nitrogens with one attached hydrogen (secondary N) is 1. The minimum absolute atomic E-state index is 0.0980. The average molecular weight is 428 g/mol. The van der Waals surface area contributed by atoms with Crippen LogP contribution in [0, 0.1) is 0 Å². The summed E-state index contributed by atoms with van der Waals surface area (Å²) in [6, 6.07) is 4.15. The van der Waals surface area contributed by atoms with Crippen molar-refractivity contribution in [2.45, 2.75) is 11.3 Å². The highest BCUT2D eigenvalue weighted by Crippen LogP contribution is 2.26. The lowest BCUT2D eigenvalue weighted by Crippen LogP contribution is -2.48. The first kappa shape index (κ1) is 19.4. The van der Waals surface area contributed by atoms with Crippen molar-refractivity contribution < 1.29 is 26.3 Å². The molecule has 4 rings (SSSR count). The van der Waals surface area contributed by atoms with Gasteiger partial charge in [-0.05, 0) is 24.3 Å². The molecule has 29 heavy (non-hydrogen) atoms. The van der Waals surface area contributed by atoms with Gasteiger partial charge in [-0.2, -0.15) is 4.31 Å². The summed E-state index contributed by atoms with van der Waals surface area (Å²) in [7, 11) is -3.84. The molecule has 1 N–H and O–H groups in total. The van der Waals surface area contributed by atoms with Crippen molar-refractivity contribution in [2.24, 2.45) is 0 Å². The van der Waals surface area contributed by atoms with Crippen molar-refractivity contribution in [1.29, 1.82) is 0 Å². The first-order valence-electron chi connectivity index (χ1n) is 8.49. The van der Waals surface area contributed by atoms with Gasteiger partial charge < -0.3 is 14.6 Å². The smallest absolute Gasteiger partial charge is 0.406 e. The van der Waals surface area contributed by atoms with Crippen LogP contribution in [-0.4, -0.2) is 65.2 Å². The normalized spacial score (nSPS) is 16.3. The summed E-state index contributed by atoms with van der Waals surface area (Å²) >= 11 is 0. The van der Waals surface area contributed by atoms with Crippen LogP contribution in [0.1, 0.15) is 0 Å². The quantitative estimate of drug-likeness (QED) is 0.675. The number of H-pyrrole nitrogens is 1. The number of halogens is 3. The van der Waals surface area contributed by atoms with E-state index in [0.717, 1.165) is 24.3 Å². The number of nitrogens with zero attached hydrogens (tertiary/aromatic N) is 5. The fraction of sp³-hybridized carbons (Fsp3) is 0.312. The Morgan fingerprint density at radius 3 is 2.38 bits per heavy atom. The van der Waals surface area contributed by atoms with Gasteiger partial charge in [0.2, 0.25) is 10.0 Å². The molecule has 0 amide bonds. The van der Waals surface area contributed by atoms with Crippen LogP contribution in [0.5, 0.6) is 5.75 Å². The number of piperazine rings is 1. The maximum Gasteiger partial charge on any atom is 0.573 e. The van der Waals surface area contributed by atoms with Gasteiger partial charge >= 0.3 is 6.36 Å². The summed E-state index contributed by atoms with van der Waals surface area (Å²) in [5, 5.41) is 0. The molecule has 2 aromatic heterocycles. The Labute approximate surface area is 163 Å². The van der Waals surface area contributed by atoms with Gasteiger partial charge in [-0.3, -0.25) is 0 Å². The number of rotatable bonds is 4. The molecule has 1 aliphatic rings. The maximum absolute atomic E-state index is 12.8. The third-order valence-corrected chi connectivity index (χ3v) is 6.30. The van der Waals surface area contributed by atoms with Crippen LogP contribution in [0.3, 0.4) is 0 Å². The third-order valence-electron chi connectivity index (χ3n) is 4.39. The van der Waals surface area contributed by atoms with E-state index in [9.17, 15) is 21.6 Å². The topological polar surface area (TPSA) is 104 Å². The number of anilines is 1. The van der Waals surface area contributed by atoms with Crippen molar-refractivity contribution in [3.8, 4) is 5.75 Å². The SMILES string of the molecule is O=S(=O)(c1ccc(OC(F)(F)F)cc1)N1CCN(c2cnc3nc[nH]c3n2)CC1. The van der Waals surface area contributed by atoms with E-state index in [4.69, 9.17) is 0 Å². The first-order chi connectivity index (χ1) is 13.7. The number of fused-ring (bicyclic) bond motifs is 1. The summed E-state index contributed by atoms with van der Waals surface area (Å²) < 4.78 is 67.3. The largest absolute Gasteiger partial charge is 0.573 e. The Morgan fingerprint density at radius 1 is 1.03 bits per heavy atom. The van der Waals surface area contributed by atoms with E-state index in [-0.39, 0.29) is 18.0 Å². The Bertz CT molecular complexity index is 1110. The number of hydrogen-bond donors (Lipinski definition) is 1. The molecule has 1 aromatic carbocycles. The molecule has 0 saturated carbocycles. The van der Waals surface area contributed by atoms with Crippen LogP contribution in [0.2, 0.25) is 0 Å². The second-order valence-electron chi connectivity index (χ2n) is 6.21. The third kappa shape index (κ3) is 4.10. The molecule has 1 saturated heterocycles. The van der Waals surface area contributed by atoms with Crippen LogP contribution in [0.15, 0.2) is 41.7 Å². The van der Waals surface area contributed by atoms with Crippen LogP contribution in [0.25, 0.3) is 11.3 Å². The Hall–Kier alpha value is -2.93. The number of ether oxygens (including phenoxy) is 1. The van der Waals surface area contributed by atoms with Gasteiger partial charge in [0.15, 0.2) is 11.3 Å². The van der Waals surface area contributed by atoms with Gasteiger partial charge in [0.25, 0.3) is 0 Å². The molecule has 9 nitrogen and oxygen atoms in total. The highest BCUT2D eigenvalue weighted by molar-refractivity contribution is 7.89. The lowest BCUT2D eigenvalue weighted by molar-refractivity contribution is -0.274. The molecule has 13 heteroatoms. The maximum atomic E-state index is 12.8. The zero-order valence-electron chi connectivity index (χ0n) is 14.8. The fourth-order valence-corrected chi connectivity index (χ4v) is 4.41. The number of sulfonamides is 1. The van der Waals surface area contributed by atoms with Gasteiger partial charge in [0.05, 0.1) is 17.4 Å². The fourth-order valence-electron chi connectivity index (χ4n) is 2.99. The van der Waals surface area contributed by atoms with Crippen molar-refractivity contribution >= 4 is 27.1 Å². The Morgan fingerprint density at radius 2 is 1.72 bits per heavy atom. The van der Waals surface area contributed by atoms with Crippen LogP contribution in [0.4, 0.5) is 19.0 Å².